The van der Waals surface area contributed by atoms with Gasteiger partial charge in [0.25, 0.3) is 0 Å². The van der Waals surface area contributed by atoms with Crippen molar-refractivity contribution in [2.75, 3.05) is 6.54 Å². The van der Waals surface area contributed by atoms with Crippen LogP contribution in [0.2, 0.25) is 5.02 Å². The Morgan fingerprint density at radius 2 is 2.00 bits per heavy atom. The zero-order valence-electron chi connectivity index (χ0n) is 11.0. The molecule has 114 valence electrons. The average molecular weight is 338 g/mol. The molecule has 0 bridgehead atoms. The van der Waals surface area contributed by atoms with Gasteiger partial charge in [-0.3, -0.25) is 0 Å². The second kappa shape index (κ2) is 6.34. The highest BCUT2D eigenvalue weighted by Gasteiger charge is 2.36. The summed E-state index contributed by atoms with van der Waals surface area (Å²) in [5.74, 6) is -1.26. The molecule has 0 radical (unpaired) electrons. The summed E-state index contributed by atoms with van der Waals surface area (Å²) < 4.78 is 52.7. The molecule has 2 aromatic rings. The van der Waals surface area contributed by atoms with E-state index in [9.17, 15) is 17.6 Å². The molecule has 1 atom stereocenters. The Balaban J connectivity index is 2.54. The van der Waals surface area contributed by atoms with Crippen molar-refractivity contribution < 1.29 is 17.6 Å². The fraction of sp³-hybridized carbons (Fsp3) is 0.286. The minimum atomic E-state index is -4.73. The molecule has 21 heavy (non-hydrogen) atoms. The van der Waals surface area contributed by atoms with Crippen LogP contribution in [0.15, 0.2) is 29.6 Å². The Kier molecular flexibility index (Phi) is 4.91. The fourth-order valence-corrected chi connectivity index (χ4v) is 3.31. The zero-order chi connectivity index (χ0) is 15.6. The minimum absolute atomic E-state index is 0.0592. The number of rotatable bonds is 4. The summed E-state index contributed by atoms with van der Waals surface area (Å²) in [6, 6.07) is 4.21. The van der Waals surface area contributed by atoms with Crippen LogP contribution in [-0.4, -0.2) is 6.54 Å². The predicted molar refractivity (Wildman–Crippen MR) is 76.3 cm³/mol. The number of hydrogen-bond acceptors (Lipinski definition) is 2. The molecule has 1 aromatic heterocycles. The van der Waals surface area contributed by atoms with Crippen LogP contribution in [0, 0.1) is 5.82 Å². The first kappa shape index (κ1) is 16.3. The van der Waals surface area contributed by atoms with Gasteiger partial charge in [-0.15, -0.1) is 11.3 Å². The minimum Gasteiger partial charge on any atom is -0.306 e. The van der Waals surface area contributed by atoms with Gasteiger partial charge in [0, 0.05) is 10.4 Å². The van der Waals surface area contributed by atoms with Crippen molar-refractivity contribution in [3.05, 3.63) is 56.5 Å². The van der Waals surface area contributed by atoms with Crippen molar-refractivity contribution >= 4 is 22.9 Å². The smallest absolute Gasteiger partial charge is 0.306 e. The van der Waals surface area contributed by atoms with Crippen LogP contribution in [-0.2, 0) is 6.18 Å². The zero-order valence-corrected chi connectivity index (χ0v) is 12.5. The van der Waals surface area contributed by atoms with Crippen LogP contribution < -0.4 is 5.32 Å². The number of benzene rings is 1. The highest BCUT2D eigenvalue weighted by atomic mass is 35.5. The number of alkyl halides is 3. The quantitative estimate of drug-likeness (QED) is 0.750. The van der Waals surface area contributed by atoms with E-state index in [0.717, 1.165) is 6.07 Å². The maximum Gasteiger partial charge on any atom is 0.419 e. The van der Waals surface area contributed by atoms with Gasteiger partial charge in [0.05, 0.1) is 16.6 Å². The number of hydrogen-bond donors (Lipinski definition) is 1. The lowest BCUT2D eigenvalue weighted by Crippen LogP contribution is -2.23. The van der Waals surface area contributed by atoms with Gasteiger partial charge in [-0.25, -0.2) is 4.39 Å². The van der Waals surface area contributed by atoms with E-state index in [-0.39, 0.29) is 5.56 Å². The number of halogens is 5. The monoisotopic (exact) mass is 337 g/mol. The van der Waals surface area contributed by atoms with E-state index in [1.165, 1.54) is 23.5 Å². The molecular weight excluding hydrogens is 326 g/mol. The van der Waals surface area contributed by atoms with E-state index >= 15 is 0 Å². The van der Waals surface area contributed by atoms with Crippen LogP contribution in [0.3, 0.4) is 0 Å². The molecule has 0 fully saturated rings. The van der Waals surface area contributed by atoms with Crippen molar-refractivity contribution in [2.45, 2.75) is 19.1 Å². The molecule has 2 rings (SSSR count). The van der Waals surface area contributed by atoms with E-state index in [0.29, 0.717) is 16.4 Å². The number of nitrogens with one attached hydrogen (secondary N) is 1. The molecule has 1 heterocycles. The predicted octanol–water partition coefficient (Wildman–Crippen LogP) is 5.26. The largest absolute Gasteiger partial charge is 0.419 e. The third-order valence-corrected chi connectivity index (χ3v) is 4.38. The van der Waals surface area contributed by atoms with Crippen LogP contribution in [0.1, 0.15) is 29.0 Å². The molecule has 0 amide bonds. The summed E-state index contributed by atoms with van der Waals surface area (Å²) in [6.45, 7) is 2.26. The summed E-state index contributed by atoms with van der Waals surface area (Å²) in [5, 5.41) is 5.10. The second-order valence-corrected chi connectivity index (χ2v) is 5.68. The lowest BCUT2D eigenvalue weighted by molar-refractivity contribution is -0.140. The number of thiophene rings is 1. The van der Waals surface area contributed by atoms with Gasteiger partial charge in [-0.1, -0.05) is 30.7 Å². The maximum absolute atomic E-state index is 14.3. The van der Waals surface area contributed by atoms with Crippen molar-refractivity contribution in [2.24, 2.45) is 0 Å². The average Bonchev–Trinajstić information content (AvgIpc) is 2.81. The highest BCUT2D eigenvalue weighted by molar-refractivity contribution is 7.10. The SMILES string of the molecule is CCNC(c1cccc(C(F)(F)F)c1F)c1sccc1Cl. The normalized spacial score (nSPS) is 13.4. The van der Waals surface area contributed by atoms with E-state index in [1.54, 1.807) is 18.4 Å². The molecule has 1 nitrogen and oxygen atoms in total. The van der Waals surface area contributed by atoms with Crippen molar-refractivity contribution in [1.82, 2.24) is 5.32 Å². The summed E-state index contributed by atoms with van der Waals surface area (Å²) in [5.41, 5.74) is -1.33. The van der Waals surface area contributed by atoms with Gasteiger partial charge < -0.3 is 5.32 Å². The first-order chi connectivity index (χ1) is 9.86. The lowest BCUT2D eigenvalue weighted by Gasteiger charge is -2.20. The van der Waals surface area contributed by atoms with E-state index in [4.69, 9.17) is 11.6 Å². The fourth-order valence-electron chi connectivity index (χ4n) is 2.05. The lowest BCUT2D eigenvalue weighted by atomic mass is 10.0. The molecule has 1 N–H and O–H groups in total. The van der Waals surface area contributed by atoms with Crippen LogP contribution >= 0.6 is 22.9 Å². The topological polar surface area (TPSA) is 12.0 Å². The summed E-state index contributed by atoms with van der Waals surface area (Å²) in [6.07, 6.45) is -4.73. The summed E-state index contributed by atoms with van der Waals surface area (Å²) >= 11 is 7.30. The van der Waals surface area contributed by atoms with Crippen LogP contribution in [0.25, 0.3) is 0 Å². The van der Waals surface area contributed by atoms with Crippen molar-refractivity contribution in [1.29, 1.82) is 0 Å². The van der Waals surface area contributed by atoms with Gasteiger partial charge in [-0.2, -0.15) is 13.2 Å². The van der Waals surface area contributed by atoms with Gasteiger partial charge in [-0.05, 0) is 24.1 Å². The molecule has 0 aliphatic heterocycles. The first-order valence-corrected chi connectivity index (χ1v) is 7.44. The highest BCUT2D eigenvalue weighted by Crippen LogP contribution is 2.38. The molecule has 1 unspecified atom stereocenters. The van der Waals surface area contributed by atoms with Crippen molar-refractivity contribution in [3.63, 3.8) is 0 Å². The summed E-state index contributed by atoms with van der Waals surface area (Å²) in [7, 11) is 0. The van der Waals surface area contributed by atoms with Gasteiger partial charge in [0.1, 0.15) is 5.82 Å². The Hall–Kier alpha value is -1.11. The Morgan fingerprint density at radius 1 is 1.29 bits per heavy atom. The molecule has 0 aliphatic rings. The van der Waals surface area contributed by atoms with E-state index in [2.05, 4.69) is 5.32 Å². The Morgan fingerprint density at radius 3 is 2.52 bits per heavy atom. The molecule has 0 saturated heterocycles. The molecule has 0 spiro atoms. The Labute approximate surface area is 128 Å². The van der Waals surface area contributed by atoms with Gasteiger partial charge >= 0.3 is 6.18 Å². The third kappa shape index (κ3) is 3.39. The molecule has 1 aromatic carbocycles. The molecular formula is C14H12ClF4NS. The van der Waals surface area contributed by atoms with Gasteiger partial charge in [0.15, 0.2) is 0 Å². The summed E-state index contributed by atoms with van der Waals surface area (Å²) in [4.78, 5) is 0.594. The Bertz CT molecular complexity index is 624. The van der Waals surface area contributed by atoms with Crippen LogP contribution in [0.5, 0.6) is 0 Å². The standard InChI is InChI=1S/C14H12ClF4NS/c1-2-20-12(13-10(15)6-7-21-13)8-4-3-5-9(11(8)16)14(17,18)19/h3-7,12,20H,2H2,1H3. The molecule has 0 aliphatic carbocycles. The van der Waals surface area contributed by atoms with Crippen molar-refractivity contribution in [3.8, 4) is 0 Å². The van der Waals surface area contributed by atoms with Gasteiger partial charge in [0.2, 0.25) is 0 Å². The molecule has 0 saturated carbocycles. The van der Waals surface area contributed by atoms with Crippen LogP contribution in [0.4, 0.5) is 17.6 Å². The molecule has 7 heteroatoms. The maximum atomic E-state index is 14.3. The first-order valence-electron chi connectivity index (χ1n) is 6.18. The second-order valence-electron chi connectivity index (χ2n) is 4.33. The van der Waals surface area contributed by atoms with E-state index < -0.39 is 23.6 Å². The third-order valence-electron chi connectivity index (χ3n) is 2.96. The van der Waals surface area contributed by atoms with E-state index in [1.807, 2.05) is 0 Å².